The molecule has 1 aromatic carbocycles. The van der Waals surface area contributed by atoms with Gasteiger partial charge in [0, 0.05) is 35.9 Å². The molecule has 0 fully saturated rings. The van der Waals surface area contributed by atoms with Crippen LogP contribution >= 0.6 is 0 Å². The van der Waals surface area contributed by atoms with E-state index in [4.69, 9.17) is 4.74 Å². The van der Waals surface area contributed by atoms with Crippen molar-refractivity contribution in [2.24, 2.45) is 0 Å². The van der Waals surface area contributed by atoms with E-state index in [1.807, 2.05) is 48.2 Å². The Labute approximate surface area is 140 Å². The number of benzene rings is 1. The number of amides is 1. The first-order valence-electron chi connectivity index (χ1n) is 8.37. The average molecular weight is 323 g/mol. The number of hydrogen-bond donors (Lipinski definition) is 1. The van der Waals surface area contributed by atoms with Crippen molar-refractivity contribution in [3.05, 3.63) is 60.0 Å². The number of carbonyl (C=O) groups is 1. The van der Waals surface area contributed by atoms with Gasteiger partial charge in [0.05, 0.1) is 19.2 Å². The molecule has 1 amide bonds. The van der Waals surface area contributed by atoms with Crippen LogP contribution in [0.1, 0.15) is 23.1 Å². The Balaban J connectivity index is 1.64. The summed E-state index contributed by atoms with van der Waals surface area (Å²) < 4.78 is 8.02. The summed E-state index contributed by atoms with van der Waals surface area (Å²) in [5.74, 6) is 0.0190. The maximum absolute atomic E-state index is 13.0. The highest BCUT2D eigenvalue weighted by atomic mass is 16.5. The van der Waals surface area contributed by atoms with E-state index in [0.717, 1.165) is 23.1 Å². The summed E-state index contributed by atoms with van der Waals surface area (Å²) in [6.07, 6.45) is 2.06. The molecule has 4 rings (SSSR count). The lowest BCUT2D eigenvalue weighted by Gasteiger charge is -2.23. The van der Waals surface area contributed by atoms with E-state index in [-0.39, 0.29) is 12.0 Å². The molecule has 1 unspecified atom stereocenters. The summed E-state index contributed by atoms with van der Waals surface area (Å²) in [5, 5.41) is 1.06. The molecular formula is C19H21N3O2. The van der Waals surface area contributed by atoms with Crippen molar-refractivity contribution < 1.29 is 9.53 Å². The molecule has 0 radical (unpaired) electrons. The summed E-state index contributed by atoms with van der Waals surface area (Å²) in [5.41, 5.74) is 2.76. The Morgan fingerprint density at radius 1 is 1.25 bits per heavy atom. The van der Waals surface area contributed by atoms with Gasteiger partial charge in [-0.05, 0) is 31.2 Å². The van der Waals surface area contributed by atoms with Gasteiger partial charge in [-0.25, -0.2) is 0 Å². The SMILES string of the molecule is CCOC1CN(C(=O)c2cc3ccccc3[nH]2)Cc2cccn2C1. The molecular weight excluding hydrogens is 302 g/mol. The van der Waals surface area contributed by atoms with Gasteiger partial charge in [0.15, 0.2) is 0 Å². The van der Waals surface area contributed by atoms with Crippen molar-refractivity contribution in [2.45, 2.75) is 26.1 Å². The van der Waals surface area contributed by atoms with Gasteiger partial charge in [0.2, 0.25) is 0 Å². The van der Waals surface area contributed by atoms with Crippen molar-refractivity contribution in [3.63, 3.8) is 0 Å². The molecule has 2 aromatic heterocycles. The molecule has 1 atom stereocenters. The highest BCUT2D eigenvalue weighted by Crippen LogP contribution is 2.20. The molecule has 0 saturated heterocycles. The third-order valence-corrected chi connectivity index (χ3v) is 4.55. The van der Waals surface area contributed by atoms with Crippen molar-refractivity contribution in [2.75, 3.05) is 13.2 Å². The number of carbonyl (C=O) groups excluding carboxylic acids is 1. The Kier molecular flexibility index (Phi) is 3.86. The highest BCUT2D eigenvalue weighted by Gasteiger charge is 2.26. The number of nitrogens with one attached hydrogen (secondary N) is 1. The van der Waals surface area contributed by atoms with Crippen LogP contribution < -0.4 is 0 Å². The minimum atomic E-state index is 0.0111. The van der Waals surface area contributed by atoms with Gasteiger partial charge in [-0.3, -0.25) is 4.79 Å². The molecule has 0 bridgehead atoms. The third kappa shape index (κ3) is 2.71. The molecule has 5 heteroatoms. The molecule has 24 heavy (non-hydrogen) atoms. The molecule has 1 aliphatic heterocycles. The third-order valence-electron chi connectivity index (χ3n) is 4.55. The van der Waals surface area contributed by atoms with E-state index in [2.05, 4.69) is 21.8 Å². The van der Waals surface area contributed by atoms with E-state index in [9.17, 15) is 4.79 Å². The van der Waals surface area contributed by atoms with E-state index in [1.165, 1.54) is 0 Å². The van der Waals surface area contributed by atoms with Crippen LogP contribution in [0.3, 0.4) is 0 Å². The zero-order chi connectivity index (χ0) is 16.5. The lowest BCUT2D eigenvalue weighted by Crippen LogP contribution is -2.37. The number of hydrogen-bond acceptors (Lipinski definition) is 2. The number of fused-ring (bicyclic) bond motifs is 2. The summed E-state index contributed by atoms with van der Waals surface area (Å²) in [6, 6.07) is 14.0. The predicted octanol–water partition coefficient (Wildman–Crippen LogP) is 3.03. The molecule has 0 aliphatic carbocycles. The highest BCUT2D eigenvalue weighted by molar-refractivity contribution is 5.98. The minimum Gasteiger partial charge on any atom is -0.375 e. The lowest BCUT2D eigenvalue weighted by molar-refractivity contribution is 0.0257. The van der Waals surface area contributed by atoms with Crippen LogP contribution in [-0.4, -0.2) is 39.6 Å². The Bertz CT molecular complexity index is 831. The van der Waals surface area contributed by atoms with Crippen LogP contribution in [0.2, 0.25) is 0 Å². The standard InChI is InChI=1S/C19H21N3O2/c1-2-24-16-12-21-9-5-7-15(21)11-22(13-16)19(23)18-10-14-6-3-4-8-17(14)20-18/h3-10,16,20H,2,11-13H2,1H3. The topological polar surface area (TPSA) is 50.3 Å². The number of ether oxygens (including phenoxy) is 1. The van der Waals surface area contributed by atoms with Crippen LogP contribution in [0.25, 0.3) is 10.9 Å². The van der Waals surface area contributed by atoms with Crippen LogP contribution in [0.5, 0.6) is 0 Å². The van der Waals surface area contributed by atoms with E-state index in [1.54, 1.807) is 0 Å². The maximum atomic E-state index is 13.0. The van der Waals surface area contributed by atoms with Crippen LogP contribution in [0.15, 0.2) is 48.7 Å². The molecule has 3 heterocycles. The Hall–Kier alpha value is -2.53. The van der Waals surface area contributed by atoms with E-state index >= 15 is 0 Å². The maximum Gasteiger partial charge on any atom is 0.270 e. The largest absolute Gasteiger partial charge is 0.375 e. The normalized spacial score (nSPS) is 17.7. The quantitative estimate of drug-likeness (QED) is 0.805. The molecule has 5 nitrogen and oxygen atoms in total. The fourth-order valence-electron chi connectivity index (χ4n) is 3.41. The van der Waals surface area contributed by atoms with Gasteiger partial charge in [0.1, 0.15) is 5.69 Å². The van der Waals surface area contributed by atoms with Gasteiger partial charge in [-0.2, -0.15) is 0 Å². The van der Waals surface area contributed by atoms with E-state index < -0.39 is 0 Å². The second-order valence-corrected chi connectivity index (χ2v) is 6.19. The van der Waals surface area contributed by atoms with Crippen LogP contribution in [0.4, 0.5) is 0 Å². The fourth-order valence-corrected chi connectivity index (χ4v) is 3.41. The van der Waals surface area contributed by atoms with Gasteiger partial charge in [0.25, 0.3) is 5.91 Å². The lowest BCUT2D eigenvalue weighted by atomic mass is 10.2. The number of aromatic amines is 1. The van der Waals surface area contributed by atoms with Crippen molar-refractivity contribution in [3.8, 4) is 0 Å². The zero-order valence-corrected chi connectivity index (χ0v) is 13.7. The monoisotopic (exact) mass is 323 g/mol. The second-order valence-electron chi connectivity index (χ2n) is 6.19. The van der Waals surface area contributed by atoms with Crippen LogP contribution in [-0.2, 0) is 17.8 Å². The second kappa shape index (κ2) is 6.17. The minimum absolute atomic E-state index is 0.0111. The van der Waals surface area contributed by atoms with Gasteiger partial charge < -0.3 is 19.2 Å². The first-order chi connectivity index (χ1) is 11.7. The average Bonchev–Trinajstić information content (AvgIpc) is 3.17. The molecule has 1 N–H and O–H groups in total. The van der Waals surface area contributed by atoms with Gasteiger partial charge in [-0.1, -0.05) is 18.2 Å². The summed E-state index contributed by atoms with van der Waals surface area (Å²) >= 11 is 0. The summed E-state index contributed by atoms with van der Waals surface area (Å²) in [4.78, 5) is 18.2. The first-order valence-corrected chi connectivity index (χ1v) is 8.37. The number of H-pyrrole nitrogens is 1. The molecule has 0 saturated carbocycles. The van der Waals surface area contributed by atoms with Crippen LogP contribution in [0, 0.1) is 0 Å². The van der Waals surface area contributed by atoms with Crippen molar-refractivity contribution in [1.29, 1.82) is 0 Å². The fraction of sp³-hybridized carbons (Fsp3) is 0.316. The van der Waals surface area contributed by atoms with Crippen molar-refractivity contribution >= 4 is 16.8 Å². The number of rotatable bonds is 3. The first kappa shape index (κ1) is 15.0. The van der Waals surface area contributed by atoms with Gasteiger partial charge >= 0.3 is 0 Å². The number of nitrogens with zero attached hydrogens (tertiary/aromatic N) is 2. The summed E-state index contributed by atoms with van der Waals surface area (Å²) in [6.45, 7) is 4.63. The van der Waals surface area contributed by atoms with Gasteiger partial charge in [-0.15, -0.1) is 0 Å². The molecule has 0 spiro atoms. The Morgan fingerprint density at radius 3 is 2.96 bits per heavy atom. The zero-order valence-electron chi connectivity index (χ0n) is 13.7. The molecule has 1 aliphatic rings. The molecule has 124 valence electrons. The van der Waals surface area contributed by atoms with E-state index in [0.29, 0.717) is 25.4 Å². The molecule has 3 aromatic rings. The Morgan fingerprint density at radius 2 is 2.12 bits per heavy atom. The predicted molar refractivity (Wildman–Crippen MR) is 92.9 cm³/mol. The smallest absolute Gasteiger partial charge is 0.270 e. The van der Waals surface area contributed by atoms with Crippen molar-refractivity contribution in [1.82, 2.24) is 14.5 Å². The summed E-state index contributed by atoms with van der Waals surface area (Å²) in [7, 11) is 0. The number of aromatic nitrogens is 2. The number of para-hydroxylation sites is 1.